The molecule has 1 atom stereocenters. The quantitative estimate of drug-likeness (QED) is 0.669. The molecule has 2 aromatic rings. The maximum Gasteiger partial charge on any atom is 0.268 e. The van der Waals surface area contributed by atoms with Crippen LogP contribution in [0.2, 0.25) is 0 Å². The lowest BCUT2D eigenvalue weighted by Gasteiger charge is -2.26. The molecule has 2 rings (SSSR count). The van der Waals surface area contributed by atoms with E-state index < -0.39 is 28.3 Å². The SMILES string of the molecule is CCC[C@H](C)NC(=O)CN(c1ccc(F)cc1)S(=O)(=O)c1cc(C)ccc1OC. The first-order valence-corrected chi connectivity index (χ1v) is 10.8. The predicted octanol–water partition coefficient (Wildman–Crippen LogP) is 3.64. The van der Waals surface area contributed by atoms with Crippen LogP contribution < -0.4 is 14.4 Å². The molecule has 0 aliphatic carbocycles. The number of sulfonamides is 1. The number of halogens is 1. The van der Waals surface area contributed by atoms with Crippen molar-refractivity contribution in [3.05, 3.63) is 53.8 Å². The van der Waals surface area contributed by atoms with Crippen LogP contribution in [-0.2, 0) is 14.8 Å². The Hall–Kier alpha value is -2.61. The van der Waals surface area contributed by atoms with Gasteiger partial charge in [0.15, 0.2) is 0 Å². The molecule has 0 spiro atoms. The highest BCUT2D eigenvalue weighted by atomic mass is 32.2. The van der Waals surface area contributed by atoms with Gasteiger partial charge in [0.25, 0.3) is 10.0 Å². The average molecular weight is 423 g/mol. The minimum atomic E-state index is -4.15. The van der Waals surface area contributed by atoms with Crippen LogP contribution in [0.15, 0.2) is 47.4 Å². The molecule has 0 bridgehead atoms. The van der Waals surface area contributed by atoms with Gasteiger partial charge in [-0.15, -0.1) is 0 Å². The van der Waals surface area contributed by atoms with Crippen LogP contribution in [-0.4, -0.2) is 34.0 Å². The minimum Gasteiger partial charge on any atom is -0.495 e. The second-order valence-electron chi connectivity index (χ2n) is 6.90. The third-order valence-corrected chi connectivity index (χ3v) is 6.21. The summed E-state index contributed by atoms with van der Waals surface area (Å²) in [5.41, 5.74) is 0.915. The van der Waals surface area contributed by atoms with E-state index in [9.17, 15) is 17.6 Å². The molecule has 158 valence electrons. The molecule has 0 saturated carbocycles. The molecule has 0 unspecified atom stereocenters. The number of carbonyl (C=O) groups excluding carboxylic acids is 1. The number of methoxy groups -OCH3 is 1. The van der Waals surface area contributed by atoms with Crippen molar-refractivity contribution in [3.8, 4) is 5.75 Å². The fourth-order valence-electron chi connectivity index (χ4n) is 2.98. The topological polar surface area (TPSA) is 75.7 Å². The van der Waals surface area contributed by atoms with Crippen LogP contribution in [0.1, 0.15) is 32.3 Å². The summed E-state index contributed by atoms with van der Waals surface area (Å²) in [6.07, 6.45) is 1.67. The number of aryl methyl sites for hydroxylation is 1. The number of rotatable bonds is 9. The second-order valence-corrected chi connectivity index (χ2v) is 8.73. The van der Waals surface area contributed by atoms with E-state index in [1.165, 1.54) is 25.3 Å². The summed E-state index contributed by atoms with van der Waals surface area (Å²) in [6, 6.07) is 9.68. The molecular formula is C21H27FN2O4S. The molecule has 0 heterocycles. The van der Waals surface area contributed by atoms with E-state index in [-0.39, 0.29) is 22.4 Å². The molecule has 0 radical (unpaired) electrons. The van der Waals surface area contributed by atoms with Gasteiger partial charge >= 0.3 is 0 Å². The molecular weight excluding hydrogens is 395 g/mol. The van der Waals surface area contributed by atoms with Crippen LogP contribution in [0.3, 0.4) is 0 Å². The normalized spacial score (nSPS) is 12.3. The van der Waals surface area contributed by atoms with Gasteiger partial charge in [0.05, 0.1) is 12.8 Å². The van der Waals surface area contributed by atoms with Crippen molar-refractivity contribution in [1.29, 1.82) is 0 Å². The lowest BCUT2D eigenvalue weighted by Crippen LogP contribution is -2.43. The summed E-state index contributed by atoms with van der Waals surface area (Å²) in [4.78, 5) is 12.5. The van der Waals surface area contributed by atoms with Gasteiger partial charge in [0.1, 0.15) is 23.0 Å². The van der Waals surface area contributed by atoms with E-state index in [2.05, 4.69) is 5.32 Å². The number of nitrogens with zero attached hydrogens (tertiary/aromatic N) is 1. The Bertz CT molecular complexity index is 946. The number of amides is 1. The summed E-state index contributed by atoms with van der Waals surface area (Å²) >= 11 is 0. The highest BCUT2D eigenvalue weighted by molar-refractivity contribution is 7.93. The van der Waals surface area contributed by atoms with Crippen molar-refractivity contribution in [3.63, 3.8) is 0 Å². The zero-order valence-corrected chi connectivity index (χ0v) is 17.9. The van der Waals surface area contributed by atoms with E-state index in [1.807, 2.05) is 13.8 Å². The summed E-state index contributed by atoms with van der Waals surface area (Å²) in [5.74, 6) is -0.770. The van der Waals surface area contributed by atoms with E-state index in [0.29, 0.717) is 0 Å². The van der Waals surface area contributed by atoms with Crippen molar-refractivity contribution in [2.75, 3.05) is 18.0 Å². The third kappa shape index (κ3) is 5.69. The van der Waals surface area contributed by atoms with Crippen molar-refractivity contribution in [2.45, 2.75) is 44.6 Å². The second kappa shape index (κ2) is 9.73. The number of hydrogen-bond donors (Lipinski definition) is 1. The van der Waals surface area contributed by atoms with Crippen molar-refractivity contribution < 1.29 is 22.3 Å². The fraction of sp³-hybridized carbons (Fsp3) is 0.381. The maximum atomic E-state index is 13.5. The van der Waals surface area contributed by atoms with Crippen LogP contribution in [0, 0.1) is 12.7 Å². The van der Waals surface area contributed by atoms with E-state index in [1.54, 1.807) is 19.1 Å². The Morgan fingerprint density at radius 2 is 1.86 bits per heavy atom. The molecule has 1 amide bonds. The van der Waals surface area contributed by atoms with E-state index in [0.717, 1.165) is 34.8 Å². The Morgan fingerprint density at radius 3 is 2.45 bits per heavy atom. The minimum absolute atomic E-state index is 0.0567. The summed E-state index contributed by atoms with van der Waals surface area (Å²) in [6.45, 7) is 5.20. The van der Waals surface area contributed by atoms with Crippen molar-refractivity contribution >= 4 is 21.6 Å². The van der Waals surface area contributed by atoms with Gasteiger partial charge in [0.2, 0.25) is 5.91 Å². The number of nitrogens with one attached hydrogen (secondary N) is 1. The van der Waals surface area contributed by atoms with Gasteiger partial charge in [-0.25, -0.2) is 12.8 Å². The Morgan fingerprint density at radius 1 is 1.21 bits per heavy atom. The van der Waals surface area contributed by atoms with Gasteiger partial charge in [-0.2, -0.15) is 0 Å². The van der Waals surface area contributed by atoms with E-state index >= 15 is 0 Å². The zero-order chi connectivity index (χ0) is 21.6. The van der Waals surface area contributed by atoms with Crippen LogP contribution in [0.5, 0.6) is 5.75 Å². The Balaban J connectivity index is 2.48. The monoisotopic (exact) mass is 422 g/mol. The van der Waals surface area contributed by atoms with E-state index in [4.69, 9.17) is 4.74 Å². The number of carbonyl (C=O) groups is 1. The van der Waals surface area contributed by atoms with Crippen LogP contribution in [0.4, 0.5) is 10.1 Å². The lowest BCUT2D eigenvalue weighted by molar-refractivity contribution is -0.120. The van der Waals surface area contributed by atoms with Crippen molar-refractivity contribution in [1.82, 2.24) is 5.32 Å². The summed E-state index contributed by atoms with van der Waals surface area (Å²) < 4.78 is 46.5. The molecule has 2 aromatic carbocycles. The van der Waals surface area contributed by atoms with Gasteiger partial charge in [0, 0.05) is 6.04 Å². The molecule has 1 N–H and O–H groups in total. The first-order valence-electron chi connectivity index (χ1n) is 9.41. The first kappa shape index (κ1) is 22.7. The smallest absolute Gasteiger partial charge is 0.268 e. The highest BCUT2D eigenvalue weighted by Crippen LogP contribution is 2.30. The summed E-state index contributed by atoms with van der Waals surface area (Å²) in [7, 11) is -2.77. The third-order valence-electron chi connectivity index (χ3n) is 4.42. The summed E-state index contributed by atoms with van der Waals surface area (Å²) in [5, 5.41) is 2.81. The maximum absolute atomic E-state index is 13.5. The standard InChI is InChI=1S/C21H27FN2O4S/c1-5-6-16(3)23-21(25)14-24(18-10-8-17(22)9-11-18)29(26,27)20-13-15(2)7-12-19(20)28-4/h7-13,16H,5-6,14H2,1-4H3,(H,23,25)/t16-/m0/s1. The van der Waals surface area contributed by atoms with Crippen LogP contribution >= 0.6 is 0 Å². The lowest BCUT2D eigenvalue weighted by atomic mass is 10.2. The highest BCUT2D eigenvalue weighted by Gasteiger charge is 2.30. The molecule has 0 aromatic heterocycles. The molecule has 0 aliphatic rings. The number of anilines is 1. The van der Waals surface area contributed by atoms with Gasteiger partial charge in [-0.1, -0.05) is 19.4 Å². The van der Waals surface area contributed by atoms with Gasteiger partial charge in [-0.3, -0.25) is 9.10 Å². The van der Waals surface area contributed by atoms with Crippen LogP contribution in [0.25, 0.3) is 0 Å². The molecule has 8 heteroatoms. The largest absolute Gasteiger partial charge is 0.495 e. The first-order chi connectivity index (χ1) is 13.7. The Labute approximate surface area is 171 Å². The average Bonchev–Trinajstić information content (AvgIpc) is 2.67. The van der Waals surface area contributed by atoms with Gasteiger partial charge in [-0.05, 0) is 62.2 Å². The fourth-order valence-corrected chi connectivity index (χ4v) is 4.65. The molecule has 0 saturated heterocycles. The zero-order valence-electron chi connectivity index (χ0n) is 17.1. The number of benzene rings is 2. The Kier molecular flexibility index (Phi) is 7.61. The van der Waals surface area contributed by atoms with Gasteiger partial charge < -0.3 is 10.1 Å². The van der Waals surface area contributed by atoms with Crippen molar-refractivity contribution in [2.24, 2.45) is 0 Å². The molecule has 29 heavy (non-hydrogen) atoms. The number of hydrogen-bond acceptors (Lipinski definition) is 4. The molecule has 0 fully saturated rings. The molecule has 0 aliphatic heterocycles. The number of ether oxygens (including phenoxy) is 1. The molecule has 6 nitrogen and oxygen atoms in total. The predicted molar refractivity (Wildman–Crippen MR) is 111 cm³/mol.